The lowest BCUT2D eigenvalue weighted by Crippen LogP contribution is -2.06. The maximum absolute atomic E-state index is 12.8. The molecule has 0 saturated carbocycles. The van der Waals surface area contributed by atoms with Crippen molar-refractivity contribution in [1.29, 1.82) is 0 Å². The molecule has 0 aliphatic carbocycles. The fourth-order valence-electron chi connectivity index (χ4n) is 1.72. The molecule has 1 aromatic carbocycles. The van der Waals surface area contributed by atoms with Gasteiger partial charge in [-0.05, 0) is 46.1 Å². The van der Waals surface area contributed by atoms with E-state index in [-0.39, 0.29) is 17.4 Å². The first-order valence-electron chi connectivity index (χ1n) is 5.75. The van der Waals surface area contributed by atoms with Gasteiger partial charge in [0.1, 0.15) is 11.6 Å². The molecule has 19 heavy (non-hydrogen) atoms. The van der Waals surface area contributed by atoms with Crippen molar-refractivity contribution < 1.29 is 9.18 Å². The summed E-state index contributed by atoms with van der Waals surface area (Å²) < 4.78 is 13.5. The van der Waals surface area contributed by atoms with Crippen LogP contribution in [0.2, 0.25) is 0 Å². The number of benzene rings is 1. The van der Waals surface area contributed by atoms with Crippen molar-refractivity contribution in [2.24, 2.45) is 0 Å². The highest BCUT2D eigenvalue weighted by Crippen LogP contribution is 2.18. The number of carbonyl (C=O) groups is 1. The molecule has 0 aliphatic heterocycles. The summed E-state index contributed by atoms with van der Waals surface area (Å²) in [5.74, 6) is -0.126. The van der Waals surface area contributed by atoms with Gasteiger partial charge in [-0.15, -0.1) is 0 Å². The highest BCUT2D eigenvalue weighted by molar-refractivity contribution is 9.10. The number of nitrogen functional groups attached to an aromatic ring is 1. The van der Waals surface area contributed by atoms with E-state index in [0.717, 1.165) is 5.56 Å². The van der Waals surface area contributed by atoms with E-state index >= 15 is 0 Å². The molecular weight excluding hydrogens is 311 g/mol. The average Bonchev–Trinajstić information content (AvgIpc) is 2.40. The number of ketones is 1. The highest BCUT2D eigenvalue weighted by atomic mass is 79.9. The van der Waals surface area contributed by atoms with Crippen LogP contribution < -0.4 is 5.73 Å². The Kier molecular flexibility index (Phi) is 4.27. The minimum atomic E-state index is -0.282. The summed E-state index contributed by atoms with van der Waals surface area (Å²) in [4.78, 5) is 16.0. The lowest BCUT2D eigenvalue weighted by molar-refractivity contribution is 0.0983. The van der Waals surface area contributed by atoms with E-state index < -0.39 is 0 Å². The molecule has 2 rings (SSSR count). The number of hydrogen-bond acceptors (Lipinski definition) is 3. The Balaban J connectivity index is 2.05. The number of anilines is 1. The van der Waals surface area contributed by atoms with Crippen LogP contribution in [0.1, 0.15) is 22.3 Å². The van der Waals surface area contributed by atoms with Crippen LogP contribution in [0.4, 0.5) is 10.2 Å². The van der Waals surface area contributed by atoms with Gasteiger partial charge in [-0.2, -0.15) is 0 Å². The summed E-state index contributed by atoms with van der Waals surface area (Å²) in [7, 11) is 0. The van der Waals surface area contributed by atoms with Crippen molar-refractivity contribution in [3.05, 3.63) is 57.9 Å². The molecule has 5 heteroatoms. The molecular formula is C14H12BrFN2O. The minimum Gasteiger partial charge on any atom is -0.383 e. The molecule has 0 spiro atoms. The fourth-order valence-corrected chi connectivity index (χ4v) is 2.05. The summed E-state index contributed by atoms with van der Waals surface area (Å²) in [5.41, 5.74) is 7.00. The van der Waals surface area contributed by atoms with Gasteiger partial charge < -0.3 is 5.73 Å². The molecule has 0 bridgehead atoms. The molecule has 0 atom stereocenters. The lowest BCUT2D eigenvalue weighted by Gasteiger charge is -2.05. The monoisotopic (exact) mass is 322 g/mol. The Hall–Kier alpha value is -1.75. The van der Waals surface area contributed by atoms with E-state index in [1.165, 1.54) is 12.1 Å². The number of rotatable bonds is 4. The Labute approximate surface area is 118 Å². The minimum absolute atomic E-state index is 0.0735. The molecule has 0 saturated heterocycles. The van der Waals surface area contributed by atoms with Gasteiger partial charge in [0.2, 0.25) is 0 Å². The van der Waals surface area contributed by atoms with E-state index in [2.05, 4.69) is 20.9 Å². The maximum atomic E-state index is 12.8. The Morgan fingerprint density at radius 3 is 2.68 bits per heavy atom. The third-order valence-electron chi connectivity index (χ3n) is 2.74. The smallest absolute Gasteiger partial charge is 0.166 e. The van der Waals surface area contributed by atoms with Crippen molar-refractivity contribution in [2.45, 2.75) is 12.8 Å². The van der Waals surface area contributed by atoms with Gasteiger partial charge in [0.05, 0.1) is 5.56 Å². The number of hydrogen-bond donors (Lipinski definition) is 1. The number of pyridine rings is 1. The van der Waals surface area contributed by atoms with Crippen LogP contribution in [0.3, 0.4) is 0 Å². The van der Waals surface area contributed by atoms with Crippen LogP contribution in [0.25, 0.3) is 0 Å². The van der Waals surface area contributed by atoms with Crippen LogP contribution in [-0.4, -0.2) is 10.8 Å². The average molecular weight is 323 g/mol. The van der Waals surface area contributed by atoms with Crippen molar-refractivity contribution >= 4 is 27.5 Å². The Bertz CT molecular complexity index is 599. The topological polar surface area (TPSA) is 56.0 Å². The third-order valence-corrected chi connectivity index (χ3v) is 3.17. The van der Waals surface area contributed by atoms with Crippen molar-refractivity contribution in [2.75, 3.05) is 5.73 Å². The highest BCUT2D eigenvalue weighted by Gasteiger charge is 2.11. The Morgan fingerprint density at radius 1 is 1.32 bits per heavy atom. The summed E-state index contributed by atoms with van der Waals surface area (Å²) in [5, 5.41) is 0. The zero-order chi connectivity index (χ0) is 13.8. The quantitative estimate of drug-likeness (QED) is 0.878. The van der Waals surface area contributed by atoms with Crippen molar-refractivity contribution in [3.63, 3.8) is 0 Å². The van der Waals surface area contributed by atoms with Crippen LogP contribution in [0, 0.1) is 5.82 Å². The summed E-state index contributed by atoms with van der Waals surface area (Å²) in [6.45, 7) is 0. The molecule has 3 nitrogen and oxygen atoms in total. The summed E-state index contributed by atoms with van der Waals surface area (Å²) in [6, 6.07) is 7.77. The van der Waals surface area contributed by atoms with Crippen LogP contribution in [0.5, 0.6) is 0 Å². The molecule has 98 valence electrons. The van der Waals surface area contributed by atoms with E-state index in [0.29, 0.717) is 22.9 Å². The molecule has 2 N–H and O–H groups in total. The van der Waals surface area contributed by atoms with Gasteiger partial charge in [0.25, 0.3) is 0 Å². The normalized spacial score (nSPS) is 10.4. The van der Waals surface area contributed by atoms with Crippen LogP contribution in [-0.2, 0) is 6.42 Å². The van der Waals surface area contributed by atoms with Gasteiger partial charge >= 0.3 is 0 Å². The standard InChI is InChI=1S/C14H12BrFN2O/c15-10-7-12(14(17)18-8-10)13(19)6-3-9-1-4-11(16)5-2-9/h1-2,4-5,7-8H,3,6H2,(H2,17,18). The SMILES string of the molecule is Nc1ncc(Br)cc1C(=O)CCc1ccc(F)cc1. The molecule has 2 aromatic rings. The molecule has 0 fully saturated rings. The van der Waals surface area contributed by atoms with Crippen LogP contribution in [0.15, 0.2) is 41.0 Å². The van der Waals surface area contributed by atoms with Gasteiger partial charge in [-0.3, -0.25) is 4.79 Å². The Morgan fingerprint density at radius 2 is 2.00 bits per heavy atom. The summed E-state index contributed by atoms with van der Waals surface area (Å²) >= 11 is 3.26. The lowest BCUT2D eigenvalue weighted by atomic mass is 10.0. The van der Waals surface area contributed by atoms with Crippen LogP contribution >= 0.6 is 15.9 Å². The zero-order valence-corrected chi connectivity index (χ0v) is 11.7. The van der Waals surface area contributed by atoms with E-state index in [1.807, 2.05) is 0 Å². The van der Waals surface area contributed by atoms with Crippen molar-refractivity contribution in [1.82, 2.24) is 4.98 Å². The number of aryl methyl sites for hydroxylation is 1. The molecule has 0 aliphatic rings. The zero-order valence-electron chi connectivity index (χ0n) is 10.1. The second-order valence-corrected chi connectivity index (χ2v) is 5.05. The number of nitrogens with zero attached hydrogens (tertiary/aromatic N) is 1. The fraction of sp³-hybridized carbons (Fsp3) is 0.143. The van der Waals surface area contributed by atoms with E-state index in [4.69, 9.17) is 5.73 Å². The van der Waals surface area contributed by atoms with E-state index in [1.54, 1.807) is 24.4 Å². The molecule has 0 unspecified atom stereocenters. The molecule has 1 aromatic heterocycles. The van der Waals surface area contributed by atoms with Gasteiger partial charge in [-0.25, -0.2) is 9.37 Å². The first-order valence-corrected chi connectivity index (χ1v) is 6.54. The maximum Gasteiger partial charge on any atom is 0.166 e. The number of halogens is 2. The van der Waals surface area contributed by atoms with Gasteiger partial charge in [-0.1, -0.05) is 12.1 Å². The first kappa shape index (κ1) is 13.7. The van der Waals surface area contributed by atoms with Gasteiger partial charge in [0.15, 0.2) is 5.78 Å². The summed E-state index contributed by atoms with van der Waals surface area (Å²) in [6.07, 6.45) is 2.41. The number of Topliss-reactive ketones (excluding diaryl/α,β-unsaturated/α-hetero) is 1. The molecule has 1 heterocycles. The second kappa shape index (κ2) is 5.93. The third kappa shape index (κ3) is 3.61. The predicted molar refractivity (Wildman–Crippen MR) is 75.4 cm³/mol. The molecule has 0 radical (unpaired) electrons. The predicted octanol–water partition coefficient (Wildman–Crippen LogP) is 3.38. The number of aromatic nitrogens is 1. The van der Waals surface area contributed by atoms with E-state index in [9.17, 15) is 9.18 Å². The number of carbonyl (C=O) groups excluding carboxylic acids is 1. The molecule has 0 amide bonds. The van der Waals surface area contributed by atoms with Crippen molar-refractivity contribution in [3.8, 4) is 0 Å². The van der Waals surface area contributed by atoms with Gasteiger partial charge in [0, 0.05) is 17.1 Å². The second-order valence-electron chi connectivity index (χ2n) is 4.14. The number of nitrogens with two attached hydrogens (primary N) is 1. The largest absolute Gasteiger partial charge is 0.383 e. The first-order chi connectivity index (χ1) is 9.06.